The number of benzene rings is 1. The van der Waals surface area contributed by atoms with Crippen molar-refractivity contribution in [1.29, 1.82) is 0 Å². The molecule has 4 nitrogen and oxygen atoms in total. The summed E-state index contributed by atoms with van der Waals surface area (Å²) in [7, 11) is 1.71. The van der Waals surface area contributed by atoms with E-state index >= 15 is 0 Å². The zero-order chi connectivity index (χ0) is 14.3. The number of ketones is 1. The van der Waals surface area contributed by atoms with E-state index in [2.05, 4.69) is 5.32 Å². The zero-order valence-corrected chi connectivity index (χ0v) is 11.9. The van der Waals surface area contributed by atoms with Gasteiger partial charge in [-0.25, -0.2) is 4.79 Å². The quantitative estimate of drug-likeness (QED) is 0.864. The molecular weight excluding hydrogens is 276 g/mol. The maximum atomic E-state index is 12.3. The zero-order valence-electron chi connectivity index (χ0n) is 11.1. The number of rotatable bonds is 1. The van der Waals surface area contributed by atoms with Gasteiger partial charge in [-0.2, -0.15) is 0 Å². The third kappa shape index (κ3) is 2.10. The molecule has 0 saturated carbocycles. The Morgan fingerprint density at radius 1 is 1.30 bits per heavy atom. The Kier molecular flexibility index (Phi) is 3.26. The second-order valence-electron chi connectivity index (χ2n) is 5.13. The number of nitrogens with zero attached hydrogens (tertiary/aromatic N) is 1. The summed E-state index contributed by atoms with van der Waals surface area (Å²) < 4.78 is 0. The van der Waals surface area contributed by atoms with Gasteiger partial charge in [0.1, 0.15) is 0 Å². The fourth-order valence-corrected chi connectivity index (χ4v) is 3.07. The van der Waals surface area contributed by atoms with Gasteiger partial charge in [0, 0.05) is 29.8 Å². The van der Waals surface area contributed by atoms with E-state index in [1.54, 1.807) is 24.1 Å². The smallest absolute Gasteiger partial charge is 0.322 e. The number of hydrogen-bond donors (Lipinski definition) is 1. The van der Waals surface area contributed by atoms with Crippen LogP contribution in [0.5, 0.6) is 0 Å². The van der Waals surface area contributed by atoms with Gasteiger partial charge in [-0.05, 0) is 30.5 Å². The lowest BCUT2D eigenvalue weighted by atomic mass is 9.85. The first kappa shape index (κ1) is 13.2. The molecule has 1 N–H and O–H groups in total. The SMILES string of the molecule is CN1C(=O)N[C@H](c2cccc(Cl)c2)C2=C1CCCC2=O. The predicted molar refractivity (Wildman–Crippen MR) is 76.4 cm³/mol. The summed E-state index contributed by atoms with van der Waals surface area (Å²) in [4.78, 5) is 25.9. The van der Waals surface area contributed by atoms with Crippen molar-refractivity contribution in [3.8, 4) is 0 Å². The van der Waals surface area contributed by atoms with Gasteiger partial charge in [-0.1, -0.05) is 23.7 Å². The van der Waals surface area contributed by atoms with Crippen LogP contribution >= 0.6 is 11.6 Å². The number of nitrogens with one attached hydrogen (secondary N) is 1. The summed E-state index contributed by atoms with van der Waals surface area (Å²) in [5.41, 5.74) is 2.40. The van der Waals surface area contributed by atoms with Crippen molar-refractivity contribution in [1.82, 2.24) is 10.2 Å². The summed E-state index contributed by atoms with van der Waals surface area (Å²) in [6, 6.07) is 6.72. The van der Waals surface area contributed by atoms with Gasteiger partial charge < -0.3 is 10.2 Å². The first-order chi connectivity index (χ1) is 9.58. The Hall–Kier alpha value is -1.81. The average molecular weight is 291 g/mol. The van der Waals surface area contributed by atoms with E-state index in [9.17, 15) is 9.59 Å². The van der Waals surface area contributed by atoms with Crippen molar-refractivity contribution in [2.45, 2.75) is 25.3 Å². The highest BCUT2D eigenvalue weighted by Gasteiger charge is 2.37. The first-order valence-electron chi connectivity index (χ1n) is 6.64. The summed E-state index contributed by atoms with van der Waals surface area (Å²) in [5.74, 6) is 0.114. The molecule has 5 heteroatoms. The van der Waals surface area contributed by atoms with Gasteiger partial charge in [-0.3, -0.25) is 4.79 Å². The van der Waals surface area contributed by atoms with Gasteiger partial charge in [0.15, 0.2) is 5.78 Å². The molecule has 1 aromatic carbocycles. The number of hydrogen-bond acceptors (Lipinski definition) is 2. The van der Waals surface area contributed by atoms with Crippen molar-refractivity contribution < 1.29 is 9.59 Å². The molecule has 1 aromatic rings. The van der Waals surface area contributed by atoms with Gasteiger partial charge >= 0.3 is 6.03 Å². The maximum absolute atomic E-state index is 12.3. The van der Waals surface area contributed by atoms with Crippen molar-refractivity contribution in [3.05, 3.63) is 46.1 Å². The van der Waals surface area contributed by atoms with Crippen LogP contribution in [0.15, 0.2) is 35.5 Å². The molecule has 0 aromatic heterocycles. The van der Waals surface area contributed by atoms with E-state index in [-0.39, 0.29) is 17.9 Å². The molecule has 0 bridgehead atoms. The van der Waals surface area contributed by atoms with Crippen molar-refractivity contribution in [2.24, 2.45) is 0 Å². The molecule has 1 aliphatic carbocycles. The average Bonchev–Trinajstić information content (AvgIpc) is 2.43. The van der Waals surface area contributed by atoms with Crippen LogP contribution < -0.4 is 5.32 Å². The highest BCUT2D eigenvalue weighted by molar-refractivity contribution is 6.30. The Morgan fingerprint density at radius 3 is 2.85 bits per heavy atom. The summed E-state index contributed by atoms with van der Waals surface area (Å²) in [6.07, 6.45) is 2.11. The van der Waals surface area contributed by atoms with Crippen LogP contribution in [0.25, 0.3) is 0 Å². The van der Waals surface area contributed by atoms with E-state index in [1.165, 1.54) is 0 Å². The third-order valence-electron chi connectivity index (χ3n) is 3.88. The second-order valence-corrected chi connectivity index (χ2v) is 5.57. The summed E-state index contributed by atoms with van der Waals surface area (Å²) in [5, 5.41) is 3.49. The van der Waals surface area contributed by atoms with Crippen LogP contribution in [0.4, 0.5) is 4.79 Å². The standard InChI is InChI=1S/C15H15ClN2O2/c1-18-11-6-3-7-12(19)13(11)14(17-15(18)20)9-4-2-5-10(16)8-9/h2,4-5,8,14H,3,6-7H2,1H3,(H,17,20)/t14-/m1/s1. The molecule has 0 unspecified atom stereocenters. The molecule has 20 heavy (non-hydrogen) atoms. The Morgan fingerprint density at radius 2 is 2.10 bits per heavy atom. The van der Waals surface area contributed by atoms with Crippen LogP contribution in [0.1, 0.15) is 30.9 Å². The second kappa shape index (κ2) is 4.94. The number of allylic oxidation sites excluding steroid dienone is 1. The lowest BCUT2D eigenvalue weighted by Gasteiger charge is -2.37. The fraction of sp³-hybridized carbons (Fsp3) is 0.333. The molecule has 0 radical (unpaired) electrons. The minimum Gasteiger partial charge on any atom is -0.327 e. The normalized spacial score (nSPS) is 22.7. The number of Topliss-reactive ketones (excluding diaryl/α,β-unsaturated/α-hetero) is 1. The molecule has 1 heterocycles. The van der Waals surface area contributed by atoms with E-state index in [0.717, 1.165) is 24.1 Å². The number of urea groups is 1. The molecule has 0 saturated heterocycles. The van der Waals surface area contributed by atoms with E-state index in [4.69, 9.17) is 11.6 Å². The van der Waals surface area contributed by atoms with Gasteiger partial charge in [0.25, 0.3) is 0 Å². The maximum Gasteiger partial charge on any atom is 0.322 e. The minimum atomic E-state index is -0.389. The molecule has 3 rings (SSSR count). The van der Waals surface area contributed by atoms with Crippen LogP contribution in [-0.2, 0) is 4.79 Å². The van der Waals surface area contributed by atoms with Crippen LogP contribution in [0, 0.1) is 0 Å². The van der Waals surface area contributed by atoms with Crippen molar-refractivity contribution >= 4 is 23.4 Å². The minimum absolute atomic E-state index is 0.114. The van der Waals surface area contributed by atoms with Crippen LogP contribution in [-0.4, -0.2) is 23.8 Å². The topological polar surface area (TPSA) is 49.4 Å². The lowest BCUT2D eigenvalue weighted by Crippen LogP contribution is -2.47. The lowest BCUT2D eigenvalue weighted by molar-refractivity contribution is -0.116. The molecule has 0 fully saturated rings. The fourth-order valence-electron chi connectivity index (χ4n) is 2.87. The van der Waals surface area contributed by atoms with Gasteiger partial charge in [0.05, 0.1) is 6.04 Å². The molecule has 1 atom stereocenters. The van der Waals surface area contributed by atoms with E-state index < -0.39 is 0 Å². The van der Waals surface area contributed by atoms with Crippen molar-refractivity contribution in [3.63, 3.8) is 0 Å². The molecule has 104 valence electrons. The van der Waals surface area contributed by atoms with E-state index in [0.29, 0.717) is 17.0 Å². The Bertz CT molecular complexity index is 624. The number of carbonyl (C=O) groups excluding carboxylic acids is 2. The highest BCUT2D eigenvalue weighted by atomic mass is 35.5. The molecule has 1 aliphatic heterocycles. The molecular formula is C15H15ClN2O2. The number of halogens is 1. The summed E-state index contributed by atoms with van der Waals surface area (Å²) in [6.45, 7) is 0. The monoisotopic (exact) mass is 290 g/mol. The first-order valence-corrected chi connectivity index (χ1v) is 7.01. The molecule has 2 aliphatic rings. The summed E-state index contributed by atoms with van der Waals surface area (Å²) >= 11 is 6.02. The number of amides is 2. The van der Waals surface area contributed by atoms with Crippen molar-refractivity contribution in [2.75, 3.05) is 7.05 Å². The van der Waals surface area contributed by atoms with Gasteiger partial charge in [0.2, 0.25) is 0 Å². The van der Waals surface area contributed by atoms with Crippen LogP contribution in [0.2, 0.25) is 5.02 Å². The van der Waals surface area contributed by atoms with Crippen LogP contribution in [0.3, 0.4) is 0 Å². The molecule has 0 spiro atoms. The van der Waals surface area contributed by atoms with E-state index in [1.807, 2.05) is 12.1 Å². The highest BCUT2D eigenvalue weighted by Crippen LogP contribution is 2.36. The number of carbonyl (C=O) groups is 2. The predicted octanol–water partition coefficient (Wildman–Crippen LogP) is 3.04. The Labute approximate surface area is 122 Å². The molecule has 2 amide bonds. The third-order valence-corrected chi connectivity index (χ3v) is 4.11. The Balaban J connectivity index is 2.12. The van der Waals surface area contributed by atoms with Gasteiger partial charge in [-0.15, -0.1) is 0 Å². The largest absolute Gasteiger partial charge is 0.327 e.